The number of nitrogens with zero attached hydrogens (tertiary/aromatic N) is 5. The van der Waals surface area contributed by atoms with E-state index in [0.29, 0.717) is 38.4 Å². The molecule has 0 radical (unpaired) electrons. The third kappa shape index (κ3) is 4.42. The van der Waals surface area contributed by atoms with Crippen LogP contribution in [-0.2, 0) is 37.8 Å². The minimum atomic E-state index is 0.146. The molecule has 156 valence electrons. The van der Waals surface area contributed by atoms with Gasteiger partial charge in [-0.05, 0) is 24.1 Å². The molecule has 8 heteroatoms. The Bertz CT molecular complexity index is 1020. The number of methoxy groups -OCH3 is 1. The zero-order valence-electron chi connectivity index (χ0n) is 17.2. The van der Waals surface area contributed by atoms with Crippen LogP contribution in [0.3, 0.4) is 0 Å². The maximum Gasteiger partial charge on any atom is 0.232 e. The predicted octanol–water partition coefficient (Wildman–Crippen LogP) is 2.32. The van der Waals surface area contributed by atoms with Gasteiger partial charge in [0.15, 0.2) is 0 Å². The second-order valence-electron chi connectivity index (χ2n) is 7.24. The molecule has 0 spiro atoms. The largest absolute Gasteiger partial charge is 0.497 e. The Morgan fingerprint density at radius 3 is 2.97 bits per heavy atom. The summed E-state index contributed by atoms with van der Waals surface area (Å²) in [7, 11) is 3.58. The Balaban J connectivity index is 1.40. The van der Waals surface area contributed by atoms with E-state index in [0.717, 1.165) is 34.7 Å². The Kier molecular flexibility index (Phi) is 5.92. The SMILES string of the molecule is COc1cccc(CCC(=O)N2CCc3c(c(COc4cnccn4)nn3C)C2)c1. The van der Waals surface area contributed by atoms with Gasteiger partial charge < -0.3 is 14.4 Å². The van der Waals surface area contributed by atoms with Crippen LogP contribution < -0.4 is 9.47 Å². The molecule has 30 heavy (non-hydrogen) atoms. The average molecular weight is 407 g/mol. The molecule has 1 aromatic carbocycles. The van der Waals surface area contributed by atoms with Crippen molar-refractivity contribution in [2.45, 2.75) is 32.4 Å². The highest BCUT2D eigenvalue weighted by Gasteiger charge is 2.26. The highest BCUT2D eigenvalue weighted by atomic mass is 16.5. The third-order valence-corrected chi connectivity index (χ3v) is 5.34. The van der Waals surface area contributed by atoms with Crippen LogP contribution in [0.5, 0.6) is 11.6 Å². The molecule has 1 aliphatic heterocycles. The Labute approximate surface area is 175 Å². The van der Waals surface area contributed by atoms with Crippen molar-refractivity contribution in [3.05, 3.63) is 65.4 Å². The smallest absolute Gasteiger partial charge is 0.232 e. The van der Waals surface area contributed by atoms with Crippen LogP contribution in [-0.4, -0.2) is 44.2 Å². The normalized spacial score (nSPS) is 13.1. The average Bonchev–Trinajstić information content (AvgIpc) is 3.11. The zero-order chi connectivity index (χ0) is 20.9. The van der Waals surface area contributed by atoms with Gasteiger partial charge in [-0.2, -0.15) is 5.10 Å². The van der Waals surface area contributed by atoms with Gasteiger partial charge in [0.05, 0.1) is 13.3 Å². The lowest BCUT2D eigenvalue weighted by atomic mass is 10.0. The van der Waals surface area contributed by atoms with Gasteiger partial charge in [-0.3, -0.25) is 14.5 Å². The Morgan fingerprint density at radius 2 is 2.17 bits per heavy atom. The lowest BCUT2D eigenvalue weighted by molar-refractivity contribution is -0.132. The number of hydrogen-bond donors (Lipinski definition) is 0. The first-order chi connectivity index (χ1) is 14.6. The topological polar surface area (TPSA) is 82.4 Å². The monoisotopic (exact) mass is 407 g/mol. The van der Waals surface area contributed by atoms with Crippen LogP contribution in [0.1, 0.15) is 28.9 Å². The maximum absolute atomic E-state index is 12.9. The first-order valence-corrected chi connectivity index (χ1v) is 9.97. The number of aryl methyl sites for hydroxylation is 2. The van der Waals surface area contributed by atoms with Gasteiger partial charge in [0, 0.05) is 56.6 Å². The van der Waals surface area contributed by atoms with Crippen molar-refractivity contribution in [3.63, 3.8) is 0 Å². The van der Waals surface area contributed by atoms with E-state index in [1.807, 2.05) is 40.9 Å². The lowest BCUT2D eigenvalue weighted by Crippen LogP contribution is -2.36. The Hall–Kier alpha value is -3.42. The zero-order valence-corrected chi connectivity index (χ0v) is 17.2. The maximum atomic E-state index is 12.9. The van der Waals surface area contributed by atoms with Crippen molar-refractivity contribution < 1.29 is 14.3 Å². The van der Waals surface area contributed by atoms with E-state index in [1.165, 1.54) is 0 Å². The number of benzene rings is 1. The van der Waals surface area contributed by atoms with Crippen LogP contribution in [0.15, 0.2) is 42.9 Å². The molecule has 2 aromatic heterocycles. The minimum Gasteiger partial charge on any atom is -0.497 e. The molecule has 0 unspecified atom stereocenters. The molecule has 0 atom stereocenters. The number of hydrogen-bond acceptors (Lipinski definition) is 6. The standard InChI is InChI=1S/C22H25N5O3/c1-26-20-8-11-27(22(28)7-6-16-4-3-5-17(12-16)29-2)14-18(20)19(25-26)15-30-21-13-23-9-10-24-21/h3-5,9-10,12-13H,6-8,11,14-15H2,1-2H3. The summed E-state index contributed by atoms with van der Waals surface area (Å²) in [5.41, 5.74) is 4.16. The lowest BCUT2D eigenvalue weighted by Gasteiger charge is -2.28. The summed E-state index contributed by atoms with van der Waals surface area (Å²) in [6, 6.07) is 7.85. The first kappa shape index (κ1) is 19.9. The van der Waals surface area contributed by atoms with Gasteiger partial charge in [0.2, 0.25) is 11.8 Å². The highest BCUT2D eigenvalue weighted by molar-refractivity contribution is 5.76. The van der Waals surface area contributed by atoms with Crippen molar-refractivity contribution >= 4 is 5.91 Å². The molecule has 0 saturated carbocycles. The number of ether oxygens (including phenoxy) is 2. The molecule has 0 bridgehead atoms. The molecule has 0 saturated heterocycles. The van der Waals surface area contributed by atoms with Gasteiger partial charge in [-0.25, -0.2) is 4.98 Å². The van der Waals surface area contributed by atoms with E-state index in [9.17, 15) is 4.79 Å². The van der Waals surface area contributed by atoms with Gasteiger partial charge in [0.1, 0.15) is 18.1 Å². The van der Waals surface area contributed by atoms with E-state index < -0.39 is 0 Å². The van der Waals surface area contributed by atoms with Crippen LogP contribution in [0.2, 0.25) is 0 Å². The predicted molar refractivity (Wildman–Crippen MR) is 110 cm³/mol. The molecular formula is C22H25N5O3. The number of aromatic nitrogens is 4. The fraction of sp³-hybridized carbons (Fsp3) is 0.364. The van der Waals surface area contributed by atoms with Crippen LogP contribution >= 0.6 is 0 Å². The first-order valence-electron chi connectivity index (χ1n) is 9.97. The highest BCUT2D eigenvalue weighted by Crippen LogP contribution is 2.24. The quantitative estimate of drug-likeness (QED) is 0.598. The fourth-order valence-electron chi connectivity index (χ4n) is 3.74. The van der Waals surface area contributed by atoms with Gasteiger partial charge in [0.25, 0.3) is 0 Å². The van der Waals surface area contributed by atoms with Crippen LogP contribution in [0, 0.1) is 0 Å². The second-order valence-corrected chi connectivity index (χ2v) is 7.24. The van der Waals surface area contributed by atoms with Crippen molar-refractivity contribution in [2.24, 2.45) is 7.05 Å². The van der Waals surface area contributed by atoms with E-state index in [4.69, 9.17) is 9.47 Å². The van der Waals surface area contributed by atoms with Crippen LogP contribution in [0.25, 0.3) is 0 Å². The molecule has 0 N–H and O–H groups in total. The molecule has 8 nitrogen and oxygen atoms in total. The number of carbonyl (C=O) groups excluding carboxylic acids is 1. The second kappa shape index (κ2) is 8.94. The third-order valence-electron chi connectivity index (χ3n) is 5.34. The van der Waals surface area contributed by atoms with Crippen molar-refractivity contribution in [1.82, 2.24) is 24.6 Å². The molecular weight excluding hydrogens is 382 g/mol. The molecule has 3 heterocycles. The summed E-state index contributed by atoms with van der Waals surface area (Å²) >= 11 is 0. The summed E-state index contributed by atoms with van der Waals surface area (Å²) < 4.78 is 12.9. The number of amides is 1. The number of rotatable bonds is 7. The number of fused-ring (bicyclic) bond motifs is 1. The summed E-state index contributed by atoms with van der Waals surface area (Å²) in [5, 5.41) is 4.61. The van der Waals surface area contributed by atoms with Crippen molar-refractivity contribution in [2.75, 3.05) is 13.7 Å². The van der Waals surface area contributed by atoms with Crippen LogP contribution in [0.4, 0.5) is 0 Å². The molecule has 1 aliphatic rings. The summed E-state index contributed by atoms with van der Waals surface area (Å²) in [4.78, 5) is 22.9. The van der Waals surface area contributed by atoms with Gasteiger partial charge in [-0.15, -0.1) is 0 Å². The molecule has 3 aromatic rings. The summed E-state index contributed by atoms with van der Waals surface area (Å²) in [5.74, 6) is 1.41. The fourth-order valence-corrected chi connectivity index (χ4v) is 3.74. The van der Waals surface area contributed by atoms with Crippen molar-refractivity contribution in [1.29, 1.82) is 0 Å². The number of carbonyl (C=O) groups is 1. The van der Waals surface area contributed by atoms with Crippen molar-refractivity contribution in [3.8, 4) is 11.6 Å². The molecule has 4 rings (SSSR count). The minimum absolute atomic E-state index is 0.146. The Morgan fingerprint density at radius 1 is 1.27 bits per heavy atom. The van der Waals surface area contributed by atoms with E-state index in [1.54, 1.807) is 25.7 Å². The van der Waals surface area contributed by atoms with Gasteiger partial charge in [-0.1, -0.05) is 12.1 Å². The molecule has 1 amide bonds. The molecule has 0 aliphatic carbocycles. The van der Waals surface area contributed by atoms with E-state index in [2.05, 4.69) is 15.1 Å². The summed E-state index contributed by atoms with van der Waals surface area (Å²) in [6.07, 6.45) is 6.71. The van der Waals surface area contributed by atoms with E-state index in [-0.39, 0.29) is 5.91 Å². The van der Waals surface area contributed by atoms with E-state index >= 15 is 0 Å². The summed E-state index contributed by atoms with van der Waals surface area (Å²) in [6.45, 7) is 1.56. The van der Waals surface area contributed by atoms with Gasteiger partial charge >= 0.3 is 0 Å². The molecule has 0 fully saturated rings.